The Bertz CT molecular complexity index is 2540. The fourth-order valence-corrected chi connectivity index (χ4v) is 6.70. The fourth-order valence-electron chi connectivity index (χ4n) is 5.86. The van der Waals surface area contributed by atoms with Crippen LogP contribution in [0, 0.1) is 62.8 Å². The summed E-state index contributed by atoms with van der Waals surface area (Å²) in [5, 5.41) is 46.4. The van der Waals surface area contributed by atoms with Gasteiger partial charge >= 0.3 is 0 Å². The number of nitriles is 4. The third kappa shape index (κ3) is 4.24. The molecule has 0 aliphatic carbocycles. The number of hydrogen-bond donors (Lipinski definition) is 0. The van der Waals surface area contributed by atoms with Gasteiger partial charge in [-0.3, -0.25) is 0 Å². The van der Waals surface area contributed by atoms with E-state index in [9.17, 15) is 25.4 Å². The standard InChI is InChI=1S/C37H14F3N5S/c38-34-27(15-43)35(39)32(36(40)28(34)16-44)21-5-7-22(8-6-21)37-26-12-25(23-10-19(13-41)9-20(11-23)14-42)29-17-46-18-30(29)33(26)24-3-1-2-4-31(24)45-37/h1-12,17-18H. The van der Waals surface area contributed by atoms with E-state index in [1.54, 1.807) is 24.3 Å². The van der Waals surface area contributed by atoms with Gasteiger partial charge < -0.3 is 0 Å². The van der Waals surface area contributed by atoms with E-state index in [-0.39, 0.29) is 5.56 Å². The summed E-state index contributed by atoms with van der Waals surface area (Å²) in [6, 6.07) is 27.8. The minimum absolute atomic E-state index is 0.00936. The van der Waals surface area contributed by atoms with Gasteiger partial charge in [-0.25, -0.2) is 18.2 Å². The zero-order valence-electron chi connectivity index (χ0n) is 23.4. The summed E-state index contributed by atoms with van der Waals surface area (Å²) in [5.74, 6) is -4.32. The molecule has 0 aliphatic rings. The molecule has 0 saturated heterocycles. The third-order valence-electron chi connectivity index (χ3n) is 7.93. The second-order valence-corrected chi connectivity index (χ2v) is 11.2. The number of halogens is 3. The van der Waals surface area contributed by atoms with Crippen LogP contribution in [-0.4, -0.2) is 4.98 Å². The van der Waals surface area contributed by atoms with E-state index in [1.807, 2.05) is 41.1 Å². The van der Waals surface area contributed by atoms with Crippen molar-refractivity contribution in [3.8, 4) is 57.8 Å². The monoisotopic (exact) mass is 617 g/mol. The molecule has 0 unspecified atom stereocenters. The van der Waals surface area contributed by atoms with E-state index < -0.39 is 34.1 Å². The van der Waals surface area contributed by atoms with Crippen LogP contribution < -0.4 is 0 Å². The van der Waals surface area contributed by atoms with Gasteiger partial charge in [0.1, 0.15) is 23.3 Å². The van der Waals surface area contributed by atoms with Gasteiger partial charge in [0.2, 0.25) is 0 Å². The average molecular weight is 618 g/mol. The molecule has 46 heavy (non-hydrogen) atoms. The number of thiophene rings is 1. The minimum atomic E-state index is -1.54. The highest BCUT2D eigenvalue weighted by Crippen LogP contribution is 2.43. The molecule has 0 saturated carbocycles. The first-order chi connectivity index (χ1) is 22.4. The van der Waals surface area contributed by atoms with Crippen molar-refractivity contribution in [2.75, 3.05) is 0 Å². The van der Waals surface area contributed by atoms with Gasteiger partial charge in [-0.2, -0.15) is 32.4 Å². The number of fused-ring (bicyclic) bond motifs is 5. The van der Waals surface area contributed by atoms with Gasteiger partial charge in [-0.05, 0) is 57.8 Å². The van der Waals surface area contributed by atoms with Crippen molar-refractivity contribution in [1.82, 2.24) is 4.98 Å². The lowest BCUT2D eigenvalue weighted by Gasteiger charge is -2.15. The Morgan fingerprint density at radius 3 is 1.80 bits per heavy atom. The molecule has 0 fully saturated rings. The summed E-state index contributed by atoms with van der Waals surface area (Å²) in [7, 11) is 0. The minimum Gasteiger partial charge on any atom is -0.247 e. The maximum atomic E-state index is 15.2. The fraction of sp³-hybridized carbons (Fsp3) is 0. The number of benzene rings is 5. The van der Waals surface area contributed by atoms with Crippen molar-refractivity contribution in [2.24, 2.45) is 0 Å². The van der Waals surface area contributed by atoms with Crippen LogP contribution in [0.4, 0.5) is 13.2 Å². The van der Waals surface area contributed by atoms with E-state index in [4.69, 9.17) is 4.98 Å². The lowest BCUT2D eigenvalue weighted by Crippen LogP contribution is -2.03. The number of hydrogen-bond acceptors (Lipinski definition) is 6. The van der Waals surface area contributed by atoms with E-state index in [0.29, 0.717) is 27.9 Å². The highest BCUT2D eigenvalue weighted by atomic mass is 32.1. The highest BCUT2D eigenvalue weighted by molar-refractivity contribution is 7.09. The molecule has 7 rings (SSSR count). The average Bonchev–Trinajstić information content (AvgIpc) is 3.58. The highest BCUT2D eigenvalue weighted by Gasteiger charge is 2.26. The Hall–Kier alpha value is -6.52. The molecule has 214 valence electrons. The predicted octanol–water partition coefficient (Wildman–Crippen LogP) is 9.51. The molecule has 0 aliphatic heterocycles. The van der Waals surface area contributed by atoms with Gasteiger partial charge in [0.15, 0.2) is 17.5 Å². The van der Waals surface area contributed by atoms with Gasteiger partial charge in [0.05, 0.1) is 40.0 Å². The molecule has 0 atom stereocenters. The Kier molecular flexibility index (Phi) is 6.69. The SMILES string of the molecule is N#Cc1cc(C#N)cc(-c2cc3c(-c4ccc(-c5c(F)c(C#N)c(F)c(C#N)c5F)cc4)nc4ccccc4c3c3cscc23)c1. The second-order valence-electron chi connectivity index (χ2n) is 10.4. The molecule has 5 aromatic carbocycles. The van der Waals surface area contributed by atoms with Gasteiger partial charge in [-0.15, -0.1) is 0 Å². The molecule has 2 heterocycles. The molecular formula is C37H14F3N5S. The van der Waals surface area contributed by atoms with Crippen molar-refractivity contribution < 1.29 is 13.2 Å². The van der Waals surface area contributed by atoms with Crippen LogP contribution in [0.25, 0.3) is 66.0 Å². The second kappa shape index (κ2) is 10.9. The molecule has 7 aromatic rings. The smallest absolute Gasteiger partial charge is 0.164 e. The molecule has 9 heteroatoms. The zero-order valence-corrected chi connectivity index (χ0v) is 24.2. The van der Waals surface area contributed by atoms with Crippen molar-refractivity contribution in [1.29, 1.82) is 21.0 Å². The molecule has 0 spiro atoms. The van der Waals surface area contributed by atoms with E-state index >= 15 is 8.78 Å². The summed E-state index contributed by atoms with van der Waals surface area (Å²) >= 11 is 1.52. The van der Waals surface area contributed by atoms with Crippen LogP contribution in [0.5, 0.6) is 0 Å². The molecule has 2 aromatic heterocycles. The Balaban J connectivity index is 1.51. The molecule has 0 amide bonds. The van der Waals surface area contributed by atoms with Crippen LogP contribution in [0.2, 0.25) is 0 Å². The summed E-state index contributed by atoms with van der Waals surface area (Å²) in [4.78, 5) is 4.99. The summed E-state index contributed by atoms with van der Waals surface area (Å²) in [6.45, 7) is 0. The third-order valence-corrected chi connectivity index (χ3v) is 8.67. The van der Waals surface area contributed by atoms with E-state index in [0.717, 1.165) is 38.0 Å². The first-order valence-electron chi connectivity index (χ1n) is 13.7. The summed E-state index contributed by atoms with van der Waals surface area (Å²) in [6.07, 6.45) is 0. The normalized spacial score (nSPS) is 10.8. The molecule has 0 N–H and O–H groups in total. The number of rotatable bonds is 3. The summed E-state index contributed by atoms with van der Waals surface area (Å²) < 4.78 is 44.8. The van der Waals surface area contributed by atoms with Crippen LogP contribution in [0.15, 0.2) is 83.6 Å². The van der Waals surface area contributed by atoms with Gasteiger partial charge in [0, 0.05) is 32.5 Å². The molecule has 5 nitrogen and oxygen atoms in total. The number of para-hydroxylation sites is 1. The van der Waals surface area contributed by atoms with Gasteiger partial charge in [0.25, 0.3) is 0 Å². The van der Waals surface area contributed by atoms with E-state index in [2.05, 4.69) is 12.1 Å². The van der Waals surface area contributed by atoms with Crippen LogP contribution >= 0.6 is 11.3 Å². The van der Waals surface area contributed by atoms with Crippen LogP contribution in [0.3, 0.4) is 0 Å². The number of aromatic nitrogens is 1. The number of pyridine rings is 1. The van der Waals surface area contributed by atoms with Crippen molar-refractivity contribution >= 4 is 43.8 Å². The van der Waals surface area contributed by atoms with Crippen molar-refractivity contribution in [2.45, 2.75) is 0 Å². The first kappa shape index (κ1) is 28.3. The van der Waals surface area contributed by atoms with Gasteiger partial charge in [-0.1, -0.05) is 42.5 Å². The Morgan fingerprint density at radius 2 is 1.17 bits per heavy atom. The Labute approximate surface area is 263 Å². The first-order valence-corrected chi connectivity index (χ1v) is 14.6. The van der Waals surface area contributed by atoms with Crippen LogP contribution in [0.1, 0.15) is 22.3 Å². The molecule has 0 bridgehead atoms. The van der Waals surface area contributed by atoms with Crippen molar-refractivity contribution in [3.05, 3.63) is 123 Å². The maximum absolute atomic E-state index is 15.2. The quantitative estimate of drug-likeness (QED) is 0.184. The molecule has 0 radical (unpaired) electrons. The maximum Gasteiger partial charge on any atom is 0.164 e. The largest absolute Gasteiger partial charge is 0.247 e. The number of nitrogens with zero attached hydrogens (tertiary/aromatic N) is 5. The van der Waals surface area contributed by atoms with E-state index in [1.165, 1.54) is 41.7 Å². The Morgan fingerprint density at radius 1 is 0.565 bits per heavy atom. The molecular weight excluding hydrogens is 604 g/mol. The lowest BCUT2D eigenvalue weighted by atomic mass is 9.90. The summed E-state index contributed by atoms with van der Waals surface area (Å²) in [5.41, 5.74) is 1.36. The zero-order chi connectivity index (χ0) is 32.1. The topological polar surface area (TPSA) is 108 Å². The van der Waals surface area contributed by atoms with Crippen LogP contribution in [-0.2, 0) is 0 Å². The lowest BCUT2D eigenvalue weighted by molar-refractivity contribution is 0.539. The van der Waals surface area contributed by atoms with Crippen molar-refractivity contribution in [3.63, 3.8) is 0 Å². The predicted molar refractivity (Wildman–Crippen MR) is 170 cm³/mol.